The molecule has 2 aromatic rings. The molecule has 1 heterocycles. The van der Waals surface area contributed by atoms with Gasteiger partial charge < -0.3 is 9.80 Å². The summed E-state index contributed by atoms with van der Waals surface area (Å²) in [6, 6.07) is 11.4. The predicted octanol–water partition coefficient (Wildman–Crippen LogP) is 4.27. The van der Waals surface area contributed by atoms with Crippen LogP contribution in [0.25, 0.3) is 0 Å². The van der Waals surface area contributed by atoms with Crippen LogP contribution in [-0.4, -0.2) is 30.3 Å². The van der Waals surface area contributed by atoms with Crippen LogP contribution in [0.4, 0.5) is 10.1 Å². The van der Waals surface area contributed by atoms with Crippen molar-refractivity contribution in [1.82, 2.24) is 4.90 Å². The molecule has 4 nitrogen and oxygen atoms in total. The van der Waals surface area contributed by atoms with Crippen LogP contribution in [0.15, 0.2) is 42.5 Å². The minimum atomic E-state index is -0.434. The molecule has 0 unspecified atom stereocenters. The molecule has 1 fully saturated rings. The van der Waals surface area contributed by atoms with E-state index in [0.29, 0.717) is 29.1 Å². The molecule has 2 aromatic carbocycles. The summed E-state index contributed by atoms with van der Waals surface area (Å²) in [7, 11) is 1.60. The molecular formula is C20H20ClFN2O2. The van der Waals surface area contributed by atoms with Crippen molar-refractivity contribution in [2.24, 2.45) is 0 Å². The standard InChI is InChI=1S/C20H20ClFN2O2/c1-23(13-16-17(21)5-4-6-18(16)22)20(26)14-8-10-15(11-9-14)24-12-3-2-7-19(24)25/h4-6,8-11H,2-3,7,12-13H2,1H3. The molecule has 1 saturated heterocycles. The maximum atomic E-state index is 13.9. The van der Waals surface area contributed by atoms with Gasteiger partial charge in [-0.15, -0.1) is 0 Å². The number of anilines is 1. The van der Waals surface area contributed by atoms with E-state index < -0.39 is 5.82 Å². The molecule has 136 valence electrons. The van der Waals surface area contributed by atoms with Gasteiger partial charge in [0.1, 0.15) is 5.82 Å². The lowest BCUT2D eigenvalue weighted by Crippen LogP contribution is -2.35. The van der Waals surface area contributed by atoms with Gasteiger partial charge in [-0.1, -0.05) is 17.7 Å². The summed E-state index contributed by atoms with van der Waals surface area (Å²) >= 11 is 6.03. The van der Waals surface area contributed by atoms with Gasteiger partial charge in [0.15, 0.2) is 0 Å². The summed E-state index contributed by atoms with van der Waals surface area (Å²) in [6.45, 7) is 0.786. The number of hydrogen-bond donors (Lipinski definition) is 0. The molecule has 3 rings (SSSR count). The van der Waals surface area contributed by atoms with Gasteiger partial charge >= 0.3 is 0 Å². The zero-order valence-corrected chi connectivity index (χ0v) is 15.3. The zero-order valence-electron chi connectivity index (χ0n) is 14.5. The molecular weight excluding hydrogens is 355 g/mol. The third-order valence-electron chi connectivity index (χ3n) is 4.55. The van der Waals surface area contributed by atoms with Crippen molar-refractivity contribution < 1.29 is 14.0 Å². The molecule has 6 heteroatoms. The first-order chi connectivity index (χ1) is 12.5. The fraction of sp³-hybridized carbons (Fsp3) is 0.300. The number of hydrogen-bond acceptors (Lipinski definition) is 2. The van der Waals surface area contributed by atoms with Crippen LogP contribution in [0.3, 0.4) is 0 Å². The molecule has 0 aliphatic carbocycles. The van der Waals surface area contributed by atoms with Crippen molar-refractivity contribution in [3.05, 3.63) is 64.4 Å². The first-order valence-corrected chi connectivity index (χ1v) is 8.94. The lowest BCUT2D eigenvalue weighted by molar-refractivity contribution is -0.119. The van der Waals surface area contributed by atoms with E-state index in [0.717, 1.165) is 18.5 Å². The van der Waals surface area contributed by atoms with Crippen LogP contribution in [0, 0.1) is 5.82 Å². The van der Waals surface area contributed by atoms with Gasteiger partial charge in [0.05, 0.1) is 0 Å². The van der Waals surface area contributed by atoms with Crippen LogP contribution in [-0.2, 0) is 11.3 Å². The molecule has 2 amide bonds. The third kappa shape index (κ3) is 3.88. The van der Waals surface area contributed by atoms with E-state index in [4.69, 9.17) is 11.6 Å². The lowest BCUT2D eigenvalue weighted by atomic mass is 10.1. The van der Waals surface area contributed by atoms with Crippen LogP contribution >= 0.6 is 11.6 Å². The molecule has 26 heavy (non-hydrogen) atoms. The van der Waals surface area contributed by atoms with Crippen molar-refractivity contribution >= 4 is 29.1 Å². The highest BCUT2D eigenvalue weighted by atomic mass is 35.5. The highest BCUT2D eigenvalue weighted by Gasteiger charge is 2.20. The SMILES string of the molecule is CN(Cc1c(F)cccc1Cl)C(=O)c1ccc(N2CCCCC2=O)cc1. The van der Waals surface area contributed by atoms with Gasteiger partial charge in [0.2, 0.25) is 5.91 Å². The fourth-order valence-corrected chi connectivity index (χ4v) is 3.30. The van der Waals surface area contributed by atoms with Gasteiger partial charge in [-0.25, -0.2) is 4.39 Å². The molecule has 0 saturated carbocycles. The Morgan fingerprint density at radius 2 is 1.92 bits per heavy atom. The molecule has 0 radical (unpaired) electrons. The summed E-state index contributed by atoms with van der Waals surface area (Å²) in [5.41, 5.74) is 1.57. The molecule has 0 aromatic heterocycles. The van der Waals surface area contributed by atoms with E-state index in [9.17, 15) is 14.0 Å². The smallest absolute Gasteiger partial charge is 0.253 e. The Balaban J connectivity index is 1.72. The topological polar surface area (TPSA) is 40.6 Å². The second-order valence-electron chi connectivity index (χ2n) is 6.41. The number of benzene rings is 2. The molecule has 1 aliphatic rings. The number of carbonyl (C=O) groups is 2. The molecule has 0 spiro atoms. The lowest BCUT2D eigenvalue weighted by Gasteiger charge is -2.27. The maximum Gasteiger partial charge on any atom is 0.253 e. The van der Waals surface area contributed by atoms with E-state index in [1.54, 1.807) is 42.3 Å². The highest BCUT2D eigenvalue weighted by molar-refractivity contribution is 6.31. The minimum absolute atomic E-state index is 0.0801. The van der Waals surface area contributed by atoms with Crippen molar-refractivity contribution in [3.63, 3.8) is 0 Å². The number of nitrogens with zero attached hydrogens (tertiary/aromatic N) is 2. The van der Waals surface area contributed by atoms with Crippen LogP contribution in [0.1, 0.15) is 35.2 Å². The minimum Gasteiger partial charge on any atom is -0.337 e. The van der Waals surface area contributed by atoms with Gasteiger partial charge in [0.25, 0.3) is 5.91 Å². The Kier molecular flexibility index (Phi) is 5.57. The maximum absolute atomic E-state index is 13.9. The van der Waals surface area contributed by atoms with E-state index in [1.165, 1.54) is 17.0 Å². The number of piperidine rings is 1. The van der Waals surface area contributed by atoms with Gasteiger partial charge in [-0.3, -0.25) is 9.59 Å². The number of carbonyl (C=O) groups excluding carboxylic acids is 2. The zero-order chi connectivity index (χ0) is 18.7. The average molecular weight is 375 g/mol. The summed E-state index contributed by atoms with van der Waals surface area (Å²) in [5.74, 6) is -0.557. The van der Waals surface area contributed by atoms with Crippen molar-refractivity contribution in [2.75, 3.05) is 18.5 Å². The summed E-state index contributed by atoms with van der Waals surface area (Å²) in [6.07, 6.45) is 2.47. The fourth-order valence-electron chi connectivity index (χ4n) is 3.08. The number of halogens is 2. The largest absolute Gasteiger partial charge is 0.337 e. The molecule has 0 bridgehead atoms. The normalized spacial score (nSPS) is 14.4. The first kappa shape index (κ1) is 18.4. The van der Waals surface area contributed by atoms with Crippen molar-refractivity contribution in [1.29, 1.82) is 0 Å². The van der Waals surface area contributed by atoms with E-state index in [2.05, 4.69) is 0 Å². The highest BCUT2D eigenvalue weighted by Crippen LogP contribution is 2.23. The summed E-state index contributed by atoms with van der Waals surface area (Å²) in [4.78, 5) is 27.8. The van der Waals surface area contributed by atoms with Crippen molar-refractivity contribution in [2.45, 2.75) is 25.8 Å². The van der Waals surface area contributed by atoms with Crippen LogP contribution < -0.4 is 4.90 Å². The summed E-state index contributed by atoms with van der Waals surface area (Å²) in [5, 5.41) is 0.295. The summed E-state index contributed by atoms with van der Waals surface area (Å²) < 4.78 is 13.9. The number of amides is 2. The van der Waals surface area contributed by atoms with E-state index >= 15 is 0 Å². The van der Waals surface area contributed by atoms with Crippen molar-refractivity contribution in [3.8, 4) is 0 Å². The second-order valence-corrected chi connectivity index (χ2v) is 6.82. The Morgan fingerprint density at radius 3 is 2.58 bits per heavy atom. The Labute approximate surface area is 157 Å². The van der Waals surface area contributed by atoms with Gasteiger partial charge in [-0.2, -0.15) is 0 Å². The third-order valence-corrected chi connectivity index (χ3v) is 4.91. The van der Waals surface area contributed by atoms with Gasteiger partial charge in [-0.05, 0) is 49.2 Å². The average Bonchev–Trinajstić information content (AvgIpc) is 2.65. The Bertz CT molecular complexity index is 803. The van der Waals surface area contributed by atoms with Gasteiger partial charge in [0, 0.05) is 48.4 Å². The first-order valence-electron chi connectivity index (χ1n) is 8.56. The van der Waals surface area contributed by atoms with E-state index in [-0.39, 0.29) is 18.4 Å². The van der Waals surface area contributed by atoms with Crippen LogP contribution in [0.2, 0.25) is 5.02 Å². The molecule has 1 aliphatic heterocycles. The van der Waals surface area contributed by atoms with E-state index in [1.807, 2.05) is 0 Å². The molecule has 0 N–H and O–H groups in total. The monoisotopic (exact) mass is 374 g/mol. The second kappa shape index (κ2) is 7.87. The Hall–Kier alpha value is -2.40. The Morgan fingerprint density at radius 1 is 1.19 bits per heavy atom. The quantitative estimate of drug-likeness (QED) is 0.801. The number of rotatable bonds is 4. The van der Waals surface area contributed by atoms with Crippen LogP contribution in [0.5, 0.6) is 0 Å². The predicted molar refractivity (Wildman–Crippen MR) is 99.9 cm³/mol. The molecule has 0 atom stereocenters.